The van der Waals surface area contributed by atoms with E-state index in [1.807, 2.05) is 19.1 Å². The molecule has 0 heterocycles. The van der Waals surface area contributed by atoms with Crippen LogP contribution in [0.4, 0.5) is 0 Å². The van der Waals surface area contributed by atoms with Crippen molar-refractivity contribution in [3.05, 3.63) is 29.3 Å². The summed E-state index contributed by atoms with van der Waals surface area (Å²) in [6, 6.07) is 6.10. The van der Waals surface area contributed by atoms with Crippen molar-refractivity contribution in [3.63, 3.8) is 0 Å². The van der Waals surface area contributed by atoms with E-state index in [0.29, 0.717) is 13.0 Å². The molecule has 16 heavy (non-hydrogen) atoms. The Morgan fingerprint density at radius 2 is 2.19 bits per heavy atom. The molecule has 0 atom stereocenters. The lowest BCUT2D eigenvalue weighted by molar-refractivity contribution is -0.137. The molecule has 0 fully saturated rings. The predicted molar refractivity (Wildman–Crippen MR) is 62.9 cm³/mol. The molecule has 0 bridgehead atoms. The van der Waals surface area contributed by atoms with E-state index >= 15 is 0 Å². The highest BCUT2D eigenvalue weighted by Crippen LogP contribution is 2.19. The maximum absolute atomic E-state index is 10.3. The summed E-state index contributed by atoms with van der Waals surface area (Å²) in [6.07, 6.45) is 1.72. The van der Waals surface area contributed by atoms with Crippen molar-refractivity contribution in [3.8, 4) is 5.75 Å². The summed E-state index contributed by atoms with van der Waals surface area (Å²) in [4.78, 5) is 10.3. The summed E-state index contributed by atoms with van der Waals surface area (Å²) in [5.41, 5.74) is 2.39. The molecule has 0 unspecified atom stereocenters. The number of carbonyl (C=O) groups is 1. The Balaban J connectivity index is 2.45. The highest BCUT2D eigenvalue weighted by Gasteiger charge is 2.01. The molecule has 0 radical (unpaired) electrons. The lowest BCUT2D eigenvalue weighted by atomic mass is 10.1. The zero-order valence-electron chi connectivity index (χ0n) is 9.82. The van der Waals surface area contributed by atoms with Gasteiger partial charge in [-0.2, -0.15) is 0 Å². The quantitative estimate of drug-likeness (QED) is 0.753. The Kier molecular flexibility index (Phi) is 4.83. The van der Waals surface area contributed by atoms with Crippen molar-refractivity contribution in [2.24, 2.45) is 0 Å². The molecule has 0 aliphatic carbocycles. The van der Waals surface area contributed by atoms with Crippen LogP contribution in [0.15, 0.2) is 18.2 Å². The van der Waals surface area contributed by atoms with Crippen LogP contribution < -0.4 is 4.74 Å². The molecule has 3 heteroatoms. The fourth-order valence-corrected chi connectivity index (χ4v) is 1.50. The summed E-state index contributed by atoms with van der Waals surface area (Å²) in [5.74, 6) is 0.0734. The van der Waals surface area contributed by atoms with E-state index < -0.39 is 5.97 Å². The Bertz CT molecular complexity index is 358. The second-order valence-electron chi connectivity index (χ2n) is 3.80. The van der Waals surface area contributed by atoms with E-state index in [-0.39, 0.29) is 6.42 Å². The van der Waals surface area contributed by atoms with Gasteiger partial charge in [0.05, 0.1) is 6.61 Å². The number of ether oxygens (including phenoxy) is 1. The van der Waals surface area contributed by atoms with Gasteiger partial charge in [-0.25, -0.2) is 0 Å². The molecule has 1 aromatic carbocycles. The molecule has 1 N–H and O–H groups in total. The molecule has 1 rings (SSSR count). The highest BCUT2D eigenvalue weighted by molar-refractivity contribution is 5.66. The first-order chi connectivity index (χ1) is 7.63. The lowest BCUT2D eigenvalue weighted by Crippen LogP contribution is -2.03. The summed E-state index contributed by atoms with van der Waals surface area (Å²) >= 11 is 0. The van der Waals surface area contributed by atoms with Gasteiger partial charge in [0.25, 0.3) is 0 Å². The number of rotatable bonds is 6. The van der Waals surface area contributed by atoms with E-state index in [9.17, 15) is 4.79 Å². The van der Waals surface area contributed by atoms with Crippen LogP contribution in [0, 0.1) is 6.92 Å². The van der Waals surface area contributed by atoms with Gasteiger partial charge in [-0.15, -0.1) is 0 Å². The maximum atomic E-state index is 10.3. The van der Waals surface area contributed by atoms with Gasteiger partial charge in [-0.1, -0.05) is 19.1 Å². The second-order valence-corrected chi connectivity index (χ2v) is 3.80. The molecule has 3 nitrogen and oxygen atoms in total. The monoisotopic (exact) mass is 222 g/mol. The van der Waals surface area contributed by atoms with Crippen LogP contribution in [0.5, 0.6) is 5.75 Å². The fraction of sp³-hybridized carbons (Fsp3) is 0.462. The van der Waals surface area contributed by atoms with Gasteiger partial charge >= 0.3 is 5.97 Å². The fourth-order valence-electron chi connectivity index (χ4n) is 1.50. The van der Waals surface area contributed by atoms with Crippen molar-refractivity contribution in [1.82, 2.24) is 0 Å². The van der Waals surface area contributed by atoms with Crippen molar-refractivity contribution >= 4 is 5.97 Å². The summed E-state index contributed by atoms with van der Waals surface area (Å²) in [5, 5.41) is 8.48. The van der Waals surface area contributed by atoms with Gasteiger partial charge < -0.3 is 9.84 Å². The van der Waals surface area contributed by atoms with Crippen LogP contribution in [0.3, 0.4) is 0 Å². The van der Waals surface area contributed by atoms with Crippen LogP contribution >= 0.6 is 0 Å². The smallest absolute Gasteiger partial charge is 0.303 e. The van der Waals surface area contributed by atoms with Crippen LogP contribution in [0.2, 0.25) is 0 Å². The molecule has 0 aliphatic heterocycles. The molecule has 0 saturated carbocycles. The average molecular weight is 222 g/mol. The van der Waals surface area contributed by atoms with Gasteiger partial charge in [0, 0.05) is 6.42 Å². The first-order valence-corrected chi connectivity index (χ1v) is 5.57. The van der Waals surface area contributed by atoms with E-state index in [2.05, 4.69) is 13.0 Å². The highest BCUT2D eigenvalue weighted by atomic mass is 16.5. The number of aliphatic carboxylic acids is 1. The molecule has 0 spiro atoms. The molecule has 1 aromatic rings. The van der Waals surface area contributed by atoms with Crippen LogP contribution in [0.25, 0.3) is 0 Å². The van der Waals surface area contributed by atoms with E-state index in [1.54, 1.807) is 0 Å². The first-order valence-electron chi connectivity index (χ1n) is 5.57. The van der Waals surface area contributed by atoms with Crippen LogP contribution in [0.1, 0.15) is 30.9 Å². The third-order valence-corrected chi connectivity index (χ3v) is 2.44. The Hall–Kier alpha value is -1.51. The first kappa shape index (κ1) is 12.6. The molecule has 0 saturated heterocycles. The van der Waals surface area contributed by atoms with Crippen LogP contribution in [-0.2, 0) is 11.2 Å². The number of benzene rings is 1. The van der Waals surface area contributed by atoms with Crippen molar-refractivity contribution in [2.75, 3.05) is 6.61 Å². The zero-order chi connectivity index (χ0) is 12.0. The third-order valence-electron chi connectivity index (χ3n) is 2.44. The summed E-state index contributed by atoms with van der Waals surface area (Å²) in [6.45, 7) is 4.58. The number of aryl methyl sites for hydroxylation is 2. The Labute approximate surface area is 96.1 Å². The van der Waals surface area contributed by atoms with Gasteiger partial charge in [-0.3, -0.25) is 4.79 Å². The van der Waals surface area contributed by atoms with Gasteiger partial charge in [0.15, 0.2) is 0 Å². The zero-order valence-corrected chi connectivity index (χ0v) is 9.82. The molecular weight excluding hydrogens is 204 g/mol. The minimum Gasteiger partial charge on any atom is -0.493 e. The molecule has 0 amide bonds. The number of hydrogen-bond acceptors (Lipinski definition) is 2. The number of carboxylic acids is 1. The van der Waals surface area contributed by atoms with Crippen molar-refractivity contribution in [2.45, 2.75) is 33.1 Å². The Morgan fingerprint density at radius 1 is 1.44 bits per heavy atom. The van der Waals surface area contributed by atoms with E-state index in [4.69, 9.17) is 9.84 Å². The number of hydrogen-bond donors (Lipinski definition) is 1. The summed E-state index contributed by atoms with van der Waals surface area (Å²) < 4.78 is 5.52. The predicted octanol–water partition coefficient (Wildman–Crippen LogP) is 2.80. The van der Waals surface area contributed by atoms with Crippen LogP contribution in [-0.4, -0.2) is 17.7 Å². The largest absolute Gasteiger partial charge is 0.493 e. The van der Waals surface area contributed by atoms with E-state index in [1.165, 1.54) is 5.56 Å². The minimum absolute atomic E-state index is 0.159. The third kappa shape index (κ3) is 3.93. The Morgan fingerprint density at radius 3 is 2.75 bits per heavy atom. The molecular formula is C13H18O3. The summed E-state index contributed by atoms with van der Waals surface area (Å²) in [7, 11) is 0. The SMILES string of the molecule is CCc1ccc(OCCCC(=O)O)c(C)c1. The second kappa shape index (κ2) is 6.16. The molecule has 88 valence electrons. The normalized spacial score (nSPS) is 10.1. The number of carboxylic acid groups (broad SMARTS) is 1. The van der Waals surface area contributed by atoms with Crippen molar-refractivity contribution < 1.29 is 14.6 Å². The van der Waals surface area contributed by atoms with Crippen molar-refractivity contribution in [1.29, 1.82) is 0 Å². The standard InChI is InChI=1S/C13H18O3/c1-3-11-6-7-12(10(2)9-11)16-8-4-5-13(14)15/h6-7,9H,3-5,8H2,1-2H3,(H,14,15). The molecule has 0 aromatic heterocycles. The lowest BCUT2D eigenvalue weighted by Gasteiger charge is -2.09. The maximum Gasteiger partial charge on any atom is 0.303 e. The topological polar surface area (TPSA) is 46.5 Å². The minimum atomic E-state index is -0.776. The average Bonchev–Trinajstić information content (AvgIpc) is 2.25. The molecule has 0 aliphatic rings. The van der Waals surface area contributed by atoms with Gasteiger partial charge in [0.2, 0.25) is 0 Å². The van der Waals surface area contributed by atoms with E-state index in [0.717, 1.165) is 17.7 Å². The van der Waals surface area contributed by atoms with Gasteiger partial charge in [-0.05, 0) is 37.0 Å². The van der Waals surface area contributed by atoms with Gasteiger partial charge in [0.1, 0.15) is 5.75 Å².